The molecule has 1 saturated carbocycles. The second-order valence-corrected chi connectivity index (χ2v) is 6.63. The highest BCUT2D eigenvalue weighted by atomic mass is 32.2. The normalized spacial score (nSPS) is 16.4. The van der Waals surface area contributed by atoms with Gasteiger partial charge in [-0.1, -0.05) is 19.3 Å². The molecule has 4 heteroatoms. The molecule has 0 saturated heterocycles. The molecule has 1 aromatic carbocycles. The molecule has 0 amide bonds. The van der Waals surface area contributed by atoms with Crippen LogP contribution in [0.4, 0.5) is 0 Å². The van der Waals surface area contributed by atoms with Crippen LogP contribution < -0.4 is 0 Å². The van der Waals surface area contributed by atoms with Gasteiger partial charge < -0.3 is 10.2 Å². The van der Waals surface area contributed by atoms with Crippen LogP contribution in [0.5, 0.6) is 11.8 Å². The molecule has 106 valence electrons. The predicted molar refractivity (Wildman–Crippen MR) is 81.8 cm³/mol. The lowest BCUT2D eigenvalue weighted by molar-refractivity contribution is 0.402. The minimum atomic E-state index is 0.0511. The molecular weight excluding hydrogens is 270 g/mol. The molecule has 0 unspecified atom stereocenters. The number of nitrogens with zero attached hydrogens (tertiary/aromatic N) is 1. The van der Waals surface area contributed by atoms with E-state index in [1.54, 1.807) is 0 Å². The van der Waals surface area contributed by atoms with Gasteiger partial charge in [0.1, 0.15) is 0 Å². The van der Waals surface area contributed by atoms with E-state index in [0.717, 1.165) is 10.9 Å². The van der Waals surface area contributed by atoms with E-state index in [2.05, 4.69) is 12.1 Å². The van der Waals surface area contributed by atoms with Crippen LogP contribution in [0.15, 0.2) is 41.3 Å². The third-order valence-corrected chi connectivity index (χ3v) is 5.14. The van der Waals surface area contributed by atoms with Gasteiger partial charge in [-0.2, -0.15) is 0 Å². The van der Waals surface area contributed by atoms with E-state index in [9.17, 15) is 10.2 Å². The van der Waals surface area contributed by atoms with Crippen LogP contribution in [0.1, 0.15) is 32.1 Å². The lowest BCUT2D eigenvalue weighted by atomic mass is 10.0. The molecule has 0 spiro atoms. The summed E-state index contributed by atoms with van der Waals surface area (Å²) in [6.45, 7) is 0. The molecule has 2 N–H and O–H groups in total. The first kappa shape index (κ1) is 13.4. The van der Waals surface area contributed by atoms with Crippen LogP contribution in [0.3, 0.4) is 0 Å². The van der Waals surface area contributed by atoms with Gasteiger partial charge in [0, 0.05) is 22.3 Å². The third kappa shape index (κ3) is 2.80. The van der Waals surface area contributed by atoms with Gasteiger partial charge in [-0.05, 0) is 37.1 Å². The minimum absolute atomic E-state index is 0.0511. The minimum Gasteiger partial charge on any atom is -0.494 e. The zero-order valence-corrected chi connectivity index (χ0v) is 12.1. The average molecular weight is 289 g/mol. The average Bonchev–Trinajstić information content (AvgIpc) is 2.81. The number of benzene rings is 1. The molecule has 0 bridgehead atoms. The molecule has 0 atom stereocenters. The quantitative estimate of drug-likeness (QED) is 0.885. The number of aromatic hydroxyl groups is 2. The molecule has 3 rings (SSSR count). The third-order valence-electron chi connectivity index (χ3n) is 3.79. The van der Waals surface area contributed by atoms with E-state index in [0.29, 0.717) is 0 Å². The van der Waals surface area contributed by atoms with Crippen molar-refractivity contribution in [1.29, 1.82) is 0 Å². The highest BCUT2D eigenvalue weighted by molar-refractivity contribution is 8.00. The van der Waals surface area contributed by atoms with E-state index in [4.69, 9.17) is 0 Å². The molecule has 20 heavy (non-hydrogen) atoms. The van der Waals surface area contributed by atoms with E-state index in [1.807, 2.05) is 23.9 Å². The van der Waals surface area contributed by atoms with Crippen molar-refractivity contribution in [3.63, 3.8) is 0 Å². The Morgan fingerprint density at radius 2 is 1.45 bits per heavy atom. The number of thioether (sulfide) groups is 1. The van der Waals surface area contributed by atoms with E-state index < -0.39 is 0 Å². The Morgan fingerprint density at radius 3 is 2.05 bits per heavy atom. The number of aromatic nitrogens is 1. The van der Waals surface area contributed by atoms with Crippen LogP contribution >= 0.6 is 11.8 Å². The number of hydrogen-bond acceptors (Lipinski definition) is 3. The first-order valence-corrected chi connectivity index (χ1v) is 7.99. The Balaban J connectivity index is 1.74. The fourth-order valence-electron chi connectivity index (χ4n) is 2.73. The maximum absolute atomic E-state index is 9.71. The van der Waals surface area contributed by atoms with E-state index >= 15 is 0 Å². The lowest BCUT2D eigenvalue weighted by Crippen LogP contribution is -2.07. The first-order valence-electron chi connectivity index (χ1n) is 7.11. The van der Waals surface area contributed by atoms with Gasteiger partial charge in [0.05, 0.1) is 5.69 Å². The molecular formula is C16H19NO2S. The Hall–Kier alpha value is -1.55. The summed E-state index contributed by atoms with van der Waals surface area (Å²) in [7, 11) is 0. The molecule has 1 aliphatic carbocycles. The molecule has 1 heterocycles. The predicted octanol–water partition coefficient (Wildman–Crippen LogP) is 4.31. The number of hydrogen-bond donors (Lipinski definition) is 2. The van der Waals surface area contributed by atoms with Crippen molar-refractivity contribution in [3.8, 4) is 17.4 Å². The molecule has 0 radical (unpaired) electrons. The Bertz CT molecular complexity index is 551. The zero-order valence-electron chi connectivity index (χ0n) is 11.3. The molecule has 1 aromatic heterocycles. The zero-order chi connectivity index (χ0) is 13.9. The summed E-state index contributed by atoms with van der Waals surface area (Å²) in [5.41, 5.74) is 0.776. The maximum atomic E-state index is 9.71. The highest BCUT2D eigenvalue weighted by Crippen LogP contribution is 2.34. The van der Waals surface area contributed by atoms with Gasteiger partial charge >= 0.3 is 0 Å². The van der Waals surface area contributed by atoms with E-state index in [-0.39, 0.29) is 11.8 Å². The molecule has 0 aliphatic heterocycles. The van der Waals surface area contributed by atoms with Gasteiger partial charge in [-0.25, -0.2) is 0 Å². The molecule has 1 aliphatic rings. The Labute approximate surface area is 123 Å². The number of rotatable bonds is 3. The van der Waals surface area contributed by atoms with Crippen LogP contribution in [0.25, 0.3) is 5.69 Å². The van der Waals surface area contributed by atoms with Gasteiger partial charge in [0.15, 0.2) is 11.8 Å². The van der Waals surface area contributed by atoms with Crippen molar-refractivity contribution in [1.82, 2.24) is 4.57 Å². The monoisotopic (exact) mass is 289 g/mol. The maximum Gasteiger partial charge on any atom is 0.198 e. The summed E-state index contributed by atoms with van der Waals surface area (Å²) in [5, 5.41) is 20.2. The fraction of sp³-hybridized carbons (Fsp3) is 0.375. The van der Waals surface area contributed by atoms with Gasteiger partial charge in [0.2, 0.25) is 0 Å². The van der Waals surface area contributed by atoms with Crippen LogP contribution in [0, 0.1) is 0 Å². The largest absolute Gasteiger partial charge is 0.494 e. The SMILES string of the molecule is Oc1ccc(O)n1-c1ccc(SC2CCCCC2)cc1. The van der Waals surface area contributed by atoms with Crippen LogP contribution in [0.2, 0.25) is 0 Å². The van der Waals surface area contributed by atoms with Crippen molar-refractivity contribution in [2.75, 3.05) is 0 Å². The smallest absolute Gasteiger partial charge is 0.198 e. The van der Waals surface area contributed by atoms with Crippen molar-refractivity contribution < 1.29 is 10.2 Å². The lowest BCUT2D eigenvalue weighted by Gasteiger charge is -2.21. The summed E-state index contributed by atoms with van der Waals surface area (Å²) >= 11 is 1.94. The second-order valence-electron chi connectivity index (χ2n) is 5.26. The molecule has 1 fully saturated rings. The summed E-state index contributed by atoms with van der Waals surface area (Å²) in [5.74, 6) is 0.102. The molecule has 2 aromatic rings. The van der Waals surface area contributed by atoms with E-state index in [1.165, 1.54) is 53.7 Å². The van der Waals surface area contributed by atoms with Crippen molar-refractivity contribution in [2.45, 2.75) is 42.2 Å². The Morgan fingerprint density at radius 1 is 0.850 bits per heavy atom. The van der Waals surface area contributed by atoms with Crippen molar-refractivity contribution in [3.05, 3.63) is 36.4 Å². The van der Waals surface area contributed by atoms with Gasteiger partial charge in [-0.3, -0.25) is 4.57 Å². The highest BCUT2D eigenvalue weighted by Gasteiger charge is 2.15. The topological polar surface area (TPSA) is 45.4 Å². The summed E-state index contributed by atoms with van der Waals surface area (Å²) in [6, 6.07) is 11.0. The van der Waals surface area contributed by atoms with Crippen molar-refractivity contribution in [2.24, 2.45) is 0 Å². The standard InChI is InChI=1S/C16H19NO2S/c18-15-10-11-16(19)17(15)12-6-8-14(9-7-12)20-13-4-2-1-3-5-13/h6-11,13,18-19H,1-5H2. The fourth-order valence-corrected chi connectivity index (χ4v) is 3.98. The van der Waals surface area contributed by atoms with Crippen molar-refractivity contribution >= 4 is 11.8 Å². The summed E-state index contributed by atoms with van der Waals surface area (Å²) in [4.78, 5) is 1.26. The van der Waals surface area contributed by atoms with Gasteiger partial charge in [0.25, 0.3) is 0 Å². The summed E-state index contributed by atoms with van der Waals surface area (Å²) < 4.78 is 1.43. The van der Waals surface area contributed by atoms with Crippen LogP contribution in [-0.4, -0.2) is 20.0 Å². The summed E-state index contributed by atoms with van der Waals surface area (Å²) in [6.07, 6.45) is 6.70. The molecule has 3 nitrogen and oxygen atoms in total. The Kier molecular flexibility index (Phi) is 3.92. The van der Waals surface area contributed by atoms with Gasteiger partial charge in [-0.15, -0.1) is 11.8 Å². The second kappa shape index (κ2) is 5.83. The van der Waals surface area contributed by atoms with Crippen LogP contribution in [-0.2, 0) is 0 Å². The first-order chi connectivity index (χ1) is 9.74.